The second-order valence-electron chi connectivity index (χ2n) is 3.43. The molecule has 0 fully saturated rings. The number of hydrogen-bond acceptors (Lipinski definition) is 5. The minimum atomic E-state index is -0.0598. The van der Waals surface area contributed by atoms with Crippen molar-refractivity contribution in [1.82, 2.24) is 9.97 Å². The first-order valence-corrected chi connectivity index (χ1v) is 5.15. The monoisotopic (exact) mass is 224 g/mol. The second-order valence-corrected chi connectivity index (χ2v) is 3.43. The van der Waals surface area contributed by atoms with E-state index in [1.807, 2.05) is 6.92 Å². The molecule has 1 atom stereocenters. The van der Waals surface area contributed by atoms with Crippen LogP contribution in [-0.4, -0.2) is 27.1 Å². The molecule has 0 aromatic carbocycles. The molecule has 88 valence electrons. The summed E-state index contributed by atoms with van der Waals surface area (Å²) in [5.41, 5.74) is 5.75. The van der Waals surface area contributed by atoms with E-state index in [1.54, 1.807) is 6.07 Å². The molecule has 0 aliphatic heterocycles. The fourth-order valence-electron chi connectivity index (χ4n) is 1.24. The molecule has 1 aromatic rings. The first kappa shape index (κ1) is 12.2. The molecule has 16 heavy (non-hydrogen) atoms. The summed E-state index contributed by atoms with van der Waals surface area (Å²) in [6.45, 7) is 4.02. The van der Waals surface area contributed by atoms with Gasteiger partial charge in [-0.3, -0.25) is 0 Å². The lowest BCUT2D eigenvalue weighted by Gasteiger charge is -2.11. The largest absolute Gasteiger partial charge is 0.460 e. The maximum Gasteiger partial charge on any atom is 0.317 e. The van der Waals surface area contributed by atoms with E-state index >= 15 is 0 Å². The highest BCUT2D eigenvalue weighted by atomic mass is 16.5. The summed E-state index contributed by atoms with van der Waals surface area (Å²) in [7, 11) is 0. The number of rotatable bonds is 5. The molecule has 0 aliphatic rings. The molecule has 0 radical (unpaired) electrons. The highest BCUT2D eigenvalue weighted by molar-refractivity contribution is 5.95. The summed E-state index contributed by atoms with van der Waals surface area (Å²) in [6.07, 6.45) is 3.51. The fourth-order valence-corrected chi connectivity index (χ4v) is 1.24. The van der Waals surface area contributed by atoms with Gasteiger partial charge in [0.2, 0.25) is 0 Å². The third-order valence-corrected chi connectivity index (χ3v) is 2.01. The molecule has 6 nitrogen and oxygen atoms in total. The summed E-state index contributed by atoms with van der Waals surface area (Å²) >= 11 is 0. The highest BCUT2D eigenvalue weighted by Gasteiger charge is 2.07. The Kier molecular flexibility index (Phi) is 4.50. The van der Waals surface area contributed by atoms with Crippen molar-refractivity contribution in [3.05, 3.63) is 18.0 Å². The molecule has 1 aromatic heterocycles. The zero-order valence-corrected chi connectivity index (χ0v) is 9.42. The highest BCUT2D eigenvalue weighted by Crippen LogP contribution is 2.08. The van der Waals surface area contributed by atoms with Crippen LogP contribution in [0.4, 0.5) is 0 Å². The zero-order valence-electron chi connectivity index (χ0n) is 9.42. The minimum absolute atomic E-state index is 0.0486. The van der Waals surface area contributed by atoms with Crippen LogP contribution in [0, 0.1) is 0 Å². The molecule has 0 saturated heterocycles. The van der Waals surface area contributed by atoms with Gasteiger partial charge in [0.15, 0.2) is 5.84 Å². The smallest absolute Gasteiger partial charge is 0.317 e. The molecule has 1 heterocycles. The van der Waals surface area contributed by atoms with Gasteiger partial charge in [0.05, 0.1) is 6.10 Å². The number of aromatic nitrogens is 2. The van der Waals surface area contributed by atoms with E-state index in [-0.39, 0.29) is 18.0 Å². The summed E-state index contributed by atoms with van der Waals surface area (Å²) in [6, 6.07) is 1.79. The maximum atomic E-state index is 8.51. The third-order valence-electron chi connectivity index (χ3n) is 2.01. The molecule has 6 heteroatoms. The summed E-state index contributed by atoms with van der Waals surface area (Å²) < 4.78 is 5.48. The van der Waals surface area contributed by atoms with Gasteiger partial charge in [-0.15, -0.1) is 0 Å². The van der Waals surface area contributed by atoms with Crippen molar-refractivity contribution in [1.29, 1.82) is 0 Å². The Morgan fingerprint density at radius 3 is 3.06 bits per heavy atom. The van der Waals surface area contributed by atoms with E-state index in [2.05, 4.69) is 22.0 Å². The first-order chi connectivity index (χ1) is 7.67. The lowest BCUT2D eigenvalue weighted by Crippen LogP contribution is -2.18. The predicted octanol–water partition coefficient (Wildman–Crippen LogP) is 1.14. The quantitative estimate of drug-likeness (QED) is 0.338. The molecular formula is C10H16N4O2. The van der Waals surface area contributed by atoms with Gasteiger partial charge in [-0.1, -0.05) is 18.5 Å². The van der Waals surface area contributed by atoms with Crippen molar-refractivity contribution in [2.75, 3.05) is 0 Å². The average Bonchev–Trinajstić information content (AvgIpc) is 2.28. The number of ether oxygens (including phenoxy) is 1. The Hall–Kier alpha value is -1.85. The normalized spacial score (nSPS) is 13.5. The number of nitrogens with zero attached hydrogens (tertiary/aromatic N) is 3. The van der Waals surface area contributed by atoms with E-state index in [4.69, 9.17) is 15.7 Å². The van der Waals surface area contributed by atoms with E-state index in [0.29, 0.717) is 5.69 Å². The van der Waals surface area contributed by atoms with Crippen molar-refractivity contribution in [2.24, 2.45) is 10.9 Å². The summed E-state index contributed by atoms with van der Waals surface area (Å²) in [4.78, 5) is 7.97. The van der Waals surface area contributed by atoms with E-state index in [0.717, 1.165) is 12.8 Å². The van der Waals surface area contributed by atoms with Crippen molar-refractivity contribution in [2.45, 2.75) is 32.8 Å². The van der Waals surface area contributed by atoms with Crippen molar-refractivity contribution in [3.8, 4) is 6.01 Å². The van der Waals surface area contributed by atoms with Crippen LogP contribution in [0.5, 0.6) is 6.01 Å². The second kappa shape index (κ2) is 5.89. The van der Waals surface area contributed by atoms with Crippen LogP contribution in [0.2, 0.25) is 0 Å². The molecule has 1 unspecified atom stereocenters. The third kappa shape index (κ3) is 3.38. The van der Waals surface area contributed by atoms with Crippen molar-refractivity contribution >= 4 is 5.84 Å². The van der Waals surface area contributed by atoms with E-state index in [1.165, 1.54) is 6.20 Å². The molecule has 0 saturated carbocycles. The number of nitrogens with two attached hydrogens (primary N) is 1. The Labute approximate surface area is 94.2 Å². The average molecular weight is 224 g/mol. The van der Waals surface area contributed by atoms with Crippen LogP contribution in [-0.2, 0) is 0 Å². The van der Waals surface area contributed by atoms with Gasteiger partial charge in [-0.05, 0) is 19.4 Å². The van der Waals surface area contributed by atoms with Crippen LogP contribution < -0.4 is 10.5 Å². The van der Waals surface area contributed by atoms with Gasteiger partial charge in [-0.25, -0.2) is 4.98 Å². The van der Waals surface area contributed by atoms with Crippen LogP contribution >= 0.6 is 0 Å². The van der Waals surface area contributed by atoms with Crippen LogP contribution in [0.1, 0.15) is 32.4 Å². The molecular weight excluding hydrogens is 208 g/mol. The number of amidine groups is 1. The van der Waals surface area contributed by atoms with Gasteiger partial charge in [-0.2, -0.15) is 4.98 Å². The zero-order chi connectivity index (χ0) is 12.0. The topological polar surface area (TPSA) is 93.6 Å². The summed E-state index contributed by atoms with van der Waals surface area (Å²) in [5, 5.41) is 11.4. The fraction of sp³-hybridized carbons (Fsp3) is 0.500. The Balaban J connectivity index is 2.75. The van der Waals surface area contributed by atoms with Crippen molar-refractivity contribution in [3.63, 3.8) is 0 Å². The number of oxime groups is 1. The van der Waals surface area contributed by atoms with Gasteiger partial charge < -0.3 is 15.7 Å². The van der Waals surface area contributed by atoms with Crippen LogP contribution in [0.15, 0.2) is 17.4 Å². The number of hydrogen-bond donors (Lipinski definition) is 2. The summed E-state index contributed by atoms with van der Waals surface area (Å²) in [5.74, 6) is -0.0598. The van der Waals surface area contributed by atoms with Gasteiger partial charge >= 0.3 is 6.01 Å². The SMILES string of the molecule is CCCC(C)Oc1nccc(/C(N)=N/O)n1. The van der Waals surface area contributed by atoms with Gasteiger partial charge in [0, 0.05) is 6.20 Å². The molecule has 0 aliphatic carbocycles. The Morgan fingerprint density at radius 2 is 2.44 bits per heavy atom. The van der Waals surface area contributed by atoms with Crippen LogP contribution in [0.3, 0.4) is 0 Å². The molecule has 0 bridgehead atoms. The van der Waals surface area contributed by atoms with Crippen molar-refractivity contribution < 1.29 is 9.94 Å². The molecule has 3 N–H and O–H groups in total. The van der Waals surface area contributed by atoms with E-state index < -0.39 is 0 Å². The lowest BCUT2D eigenvalue weighted by atomic mass is 10.2. The first-order valence-electron chi connectivity index (χ1n) is 5.15. The van der Waals surface area contributed by atoms with Gasteiger partial charge in [0.1, 0.15) is 5.69 Å². The van der Waals surface area contributed by atoms with Crippen LogP contribution in [0.25, 0.3) is 0 Å². The Morgan fingerprint density at radius 1 is 1.69 bits per heavy atom. The molecule has 0 spiro atoms. The minimum Gasteiger partial charge on any atom is -0.460 e. The predicted molar refractivity (Wildman–Crippen MR) is 59.5 cm³/mol. The van der Waals surface area contributed by atoms with Gasteiger partial charge in [0.25, 0.3) is 0 Å². The maximum absolute atomic E-state index is 8.51. The van der Waals surface area contributed by atoms with E-state index in [9.17, 15) is 0 Å². The molecule has 0 amide bonds. The standard InChI is InChI=1S/C10H16N4O2/c1-3-4-7(2)16-10-12-6-5-8(13-10)9(11)14-15/h5-7,15H,3-4H2,1-2H3,(H2,11,14). The molecule has 1 rings (SSSR count). The Bertz CT molecular complexity index is 368. The lowest BCUT2D eigenvalue weighted by molar-refractivity contribution is 0.192.